The van der Waals surface area contributed by atoms with Gasteiger partial charge in [0.2, 0.25) is 11.8 Å². The molecule has 0 saturated carbocycles. The van der Waals surface area contributed by atoms with Crippen molar-refractivity contribution in [2.24, 2.45) is 0 Å². The van der Waals surface area contributed by atoms with Crippen molar-refractivity contribution in [2.75, 3.05) is 5.32 Å². The minimum atomic E-state index is -0.288. The fraction of sp³-hybridized carbons (Fsp3) is 0.0370. The number of anilines is 1. The van der Waals surface area contributed by atoms with Gasteiger partial charge < -0.3 is 14.2 Å². The second-order valence-corrected chi connectivity index (χ2v) is 8.48. The molecular formula is C27H18Cl2N2O3. The molecule has 0 spiro atoms. The molecule has 2 aromatic heterocycles. The number of furan rings is 1. The van der Waals surface area contributed by atoms with Gasteiger partial charge in [-0.3, -0.25) is 4.79 Å². The number of oxazole rings is 1. The summed E-state index contributed by atoms with van der Waals surface area (Å²) < 4.78 is 11.6. The van der Waals surface area contributed by atoms with E-state index in [0.29, 0.717) is 38.7 Å². The molecule has 5 rings (SSSR count). The third-order valence-corrected chi connectivity index (χ3v) is 6.00. The number of hydrogen-bond donors (Lipinski definition) is 1. The lowest BCUT2D eigenvalue weighted by Gasteiger charge is -2.03. The minimum absolute atomic E-state index is 0.288. The van der Waals surface area contributed by atoms with Crippen LogP contribution in [-0.2, 0) is 4.79 Å². The first kappa shape index (κ1) is 22.0. The van der Waals surface area contributed by atoms with Gasteiger partial charge >= 0.3 is 0 Å². The SMILES string of the molecule is Cc1ccc2oc(-c3ccc(NC(=O)C=Cc4ccc(-c5cccc(Cl)c5Cl)o4)cc3)nc2c1. The lowest BCUT2D eigenvalue weighted by atomic mass is 10.2. The maximum atomic E-state index is 12.4. The minimum Gasteiger partial charge on any atom is -0.457 e. The predicted molar refractivity (Wildman–Crippen MR) is 136 cm³/mol. The highest BCUT2D eigenvalue weighted by atomic mass is 35.5. The fourth-order valence-corrected chi connectivity index (χ4v) is 3.87. The first-order valence-corrected chi connectivity index (χ1v) is 11.2. The number of hydrogen-bond acceptors (Lipinski definition) is 4. The molecule has 0 atom stereocenters. The van der Waals surface area contributed by atoms with E-state index >= 15 is 0 Å². The van der Waals surface area contributed by atoms with Crippen LogP contribution in [0.2, 0.25) is 10.0 Å². The number of amides is 1. The van der Waals surface area contributed by atoms with Crippen LogP contribution in [0.4, 0.5) is 5.69 Å². The number of halogens is 2. The van der Waals surface area contributed by atoms with E-state index in [1.54, 1.807) is 42.5 Å². The molecule has 3 aromatic carbocycles. The lowest BCUT2D eigenvalue weighted by Crippen LogP contribution is -2.07. The van der Waals surface area contributed by atoms with Crippen LogP contribution >= 0.6 is 23.2 Å². The van der Waals surface area contributed by atoms with Gasteiger partial charge in [0.15, 0.2) is 5.58 Å². The zero-order valence-electron chi connectivity index (χ0n) is 18.0. The Labute approximate surface area is 205 Å². The lowest BCUT2D eigenvalue weighted by molar-refractivity contribution is -0.111. The third-order valence-electron chi connectivity index (χ3n) is 5.19. The number of fused-ring (bicyclic) bond motifs is 1. The van der Waals surface area contributed by atoms with Gasteiger partial charge in [-0.25, -0.2) is 4.98 Å². The van der Waals surface area contributed by atoms with Crippen molar-refractivity contribution in [1.82, 2.24) is 4.98 Å². The molecule has 0 aliphatic rings. The maximum Gasteiger partial charge on any atom is 0.248 e. The van der Waals surface area contributed by atoms with E-state index in [1.807, 2.05) is 43.3 Å². The van der Waals surface area contributed by atoms with E-state index in [1.165, 1.54) is 6.08 Å². The highest BCUT2D eigenvalue weighted by Crippen LogP contribution is 2.34. The summed E-state index contributed by atoms with van der Waals surface area (Å²) in [6.07, 6.45) is 2.99. The monoisotopic (exact) mass is 488 g/mol. The van der Waals surface area contributed by atoms with E-state index < -0.39 is 0 Å². The molecule has 0 aliphatic carbocycles. The van der Waals surface area contributed by atoms with Gasteiger partial charge in [-0.1, -0.05) is 35.3 Å². The average Bonchev–Trinajstić information content (AvgIpc) is 3.47. The van der Waals surface area contributed by atoms with E-state index in [0.717, 1.165) is 22.2 Å². The summed E-state index contributed by atoms with van der Waals surface area (Å²) in [5.74, 6) is 1.33. The van der Waals surface area contributed by atoms with Crippen LogP contribution in [0.3, 0.4) is 0 Å². The Hall–Kier alpha value is -3.80. The first-order valence-electron chi connectivity index (χ1n) is 10.5. The standard InChI is InChI=1S/C27H18Cl2N2O3/c1-16-5-12-24-22(15-16)31-27(34-24)17-6-8-18(9-7-17)30-25(32)14-11-19-10-13-23(33-19)20-3-2-4-21(28)26(20)29/h2-15H,1H3,(H,30,32). The number of nitrogens with zero attached hydrogens (tertiary/aromatic N) is 1. The summed E-state index contributed by atoms with van der Waals surface area (Å²) in [7, 11) is 0. The van der Waals surface area contributed by atoms with Gasteiger partial charge in [0.1, 0.15) is 17.0 Å². The number of aryl methyl sites for hydroxylation is 1. The topological polar surface area (TPSA) is 68.3 Å². The van der Waals surface area contributed by atoms with Crippen LogP contribution in [0.1, 0.15) is 11.3 Å². The van der Waals surface area contributed by atoms with E-state index in [2.05, 4.69) is 10.3 Å². The van der Waals surface area contributed by atoms with Crippen molar-refractivity contribution < 1.29 is 13.6 Å². The summed E-state index contributed by atoms with van der Waals surface area (Å²) >= 11 is 12.3. The number of benzene rings is 3. The highest BCUT2D eigenvalue weighted by molar-refractivity contribution is 6.43. The molecule has 34 heavy (non-hydrogen) atoms. The molecule has 0 radical (unpaired) electrons. The summed E-state index contributed by atoms with van der Waals surface area (Å²) in [6, 6.07) is 22.0. The Balaban J connectivity index is 1.25. The number of carbonyl (C=O) groups excluding carboxylic acids is 1. The number of nitrogens with one attached hydrogen (secondary N) is 1. The predicted octanol–water partition coefficient (Wildman–Crippen LogP) is 8.02. The van der Waals surface area contributed by atoms with Crippen molar-refractivity contribution in [3.05, 3.63) is 100 Å². The molecule has 0 bridgehead atoms. The van der Waals surface area contributed by atoms with Gasteiger partial charge in [0, 0.05) is 22.9 Å². The van der Waals surface area contributed by atoms with Crippen LogP contribution in [0.5, 0.6) is 0 Å². The Morgan fingerprint density at radius 2 is 1.79 bits per heavy atom. The van der Waals surface area contributed by atoms with Crippen LogP contribution in [0.25, 0.3) is 40.0 Å². The molecule has 0 saturated heterocycles. The molecule has 5 aromatic rings. The molecule has 168 valence electrons. The first-order chi connectivity index (χ1) is 16.5. The van der Waals surface area contributed by atoms with Crippen molar-refractivity contribution in [3.63, 3.8) is 0 Å². The molecule has 1 amide bonds. The second-order valence-electron chi connectivity index (χ2n) is 7.69. The summed E-state index contributed by atoms with van der Waals surface area (Å²) in [5.41, 5.74) is 4.84. The number of aromatic nitrogens is 1. The maximum absolute atomic E-state index is 12.4. The molecular weight excluding hydrogens is 471 g/mol. The van der Waals surface area contributed by atoms with Crippen LogP contribution in [0, 0.1) is 6.92 Å². The Kier molecular flexibility index (Phi) is 5.97. The quantitative estimate of drug-likeness (QED) is 0.254. The second kappa shape index (κ2) is 9.21. The van der Waals surface area contributed by atoms with Gasteiger partial charge in [-0.2, -0.15) is 0 Å². The van der Waals surface area contributed by atoms with E-state index in [4.69, 9.17) is 32.0 Å². The molecule has 2 heterocycles. The number of rotatable bonds is 5. The largest absolute Gasteiger partial charge is 0.457 e. The molecule has 5 nitrogen and oxygen atoms in total. The van der Waals surface area contributed by atoms with Gasteiger partial charge in [-0.05, 0) is 79.2 Å². The van der Waals surface area contributed by atoms with Gasteiger partial charge in [-0.15, -0.1) is 0 Å². The van der Waals surface area contributed by atoms with Crippen molar-refractivity contribution >= 4 is 52.0 Å². The molecule has 0 unspecified atom stereocenters. The zero-order chi connectivity index (χ0) is 23.7. The molecule has 7 heteroatoms. The molecule has 0 fully saturated rings. The summed E-state index contributed by atoms with van der Waals surface area (Å²) in [6.45, 7) is 2.01. The van der Waals surface area contributed by atoms with E-state index in [9.17, 15) is 4.79 Å². The Morgan fingerprint density at radius 3 is 2.62 bits per heavy atom. The Morgan fingerprint density at radius 1 is 0.971 bits per heavy atom. The average molecular weight is 489 g/mol. The van der Waals surface area contributed by atoms with Crippen LogP contribution < -0.4 is 5.32 Å². The number of carbonyl (C=O) groups is 1. The molecule has 1 N–H and O–H groups in total. The van der Waals surface area contributed by atoms with E-state index in [-0.39, 0.29) is 5.91 Å². The summed E-state index contributed by atoms with van der Waals surface area (Å²) in [5, 5.41) is 3.69. The summed E-state index contributed by atoms with van der Waals surface area (Å²) in [4.78, 5) is 16.9. The van der Waals surface area contributed by atoms with Crippen molar-refractivity contribution in [3.8, 4) is 22.8 Å². The van der Waals surface area contributed by atoms with Crippen molar-refractivity contribution in [1.29, 1.82) is 0 Å². The fourth-order valence-electron chi connectivity index (χ4n) is 3.48. The van der Waals surface area contributed by atoms with Gasteiger partial charge in [0.05, 0.1) is 10.0 Å². The van der Waals surface area contributed by atoms with Crippen LogP contribution in [-0.4, -0.2) is 10.9 Å². The zero-order valence-corrected chi connectivity index (χ0v) is 19.5. The molecule has 0 aliphatic heterocycles. The van der Waals surface area contributed by atoms with Crippen molar-refractivity contribution in [2.45, 2.75) is 6.92 Å². The third kappa shape index (κ3) is 4.62. The van der Waals surface area contributed by atoms with Gasteiger partial charge in [0.25, 0.3) is 0 Å². The smallest absolute Gasteiger partial charge is 0.248 e. The normalized spacial score (nSPS) is 11.4. The highest BCUT2D eigenvalue weighted by Gasteiger charge is 2.11. The Bertz CT molecular complexity index is 1530. The van der Waals surface area contributed by atoms with Crippen LogP contribution in [0.15, 0.2) is 87.7 Å².